The average Bonchev–Trinajstić information content (AvgIpc) is 3.02. The van der Waals surface area contributed by atoms with Gasteiger partial charge in [0.2, 0.25) is 0 Å². The predicted octanol–water partition coefficient (Wildman–Crippen LogP) is 8.25. The number of rotatable bonds is 10. The predicted molar refractivity (Wildman–Crippen MR) is 168 cm³/mol. The Hall–Kier alpha value is -4.67. The number of ether oxygens (including phenoxy) is 1. The van der Waals surface area contributed by atoms with Crippen LogP contribution < -0.4 is 10.2 Å². The third-order valence-corrected chi connectivity index (χ3v) is 8.73. The smallest absolute Gasteiger partial charge is 0.416 e. The van der Waals surface area contributed by atoms with Crippen LogP contribution >= 0.6 is 0 Å². The van der Waals surface area contributed by atoms with E-state index in [0.717, 1.165) is 0 Å². The van der Waals surface area contributed by atoms with Gasteiger partial charge in [-0.15, -0.1) is 0 Å². The zero-order valence-corrected chi connectivity index (χ0v) is 27.2. The number of alkyl halides is 6. The Bertz CT molecular complexity index is 1720. The Kier molecular flexibility index (Phi) is 10.9. The summed E-state index contributed by atoms with van der Waals surface area (Å²) in [4.78, 5) is 31.8. The number of aryl methyl sites for hydroxylation is 1. The lowest BCUT2D eigenvalue weighted by Gasteiger charge is -2.36. The van der Waals surface area contributed by atoms with Gasteiger partial charge in [0.15, 0.2) is 5.78 Å². The van der Waals surface area contributed by atoms with Crippen molar-refractivity contribution >= 4 is 23.3 Å². The van der Waals surface area contributed by atoms with E-state index in [1.807, 2.05) is 0 Å². The molecule has 0 saturated carbocycles. The summed E-state index contributed by atoms with van der Waals surface area (Å²) in [7, 11) is 0. The summed E-state index contributed by atoms with van der Waals surface area (Å²) in [6.45, 7) is 6.01. The van der Waals surface area contributed by atoms with Crippen LogP contribution in [0.25, 0.3) is 11.1 Å². The van der Waals surface area contributed by atoms with E-state index < -0.39 is 58.6 Å². The van der Waals surface area contributed by atoms with Crippen molar-refractivity contribution in [3.05, 3.63) is 76.7 Å². The third-order valence-electron chi connectivity index (χ3n) is 8.73. The molecule has 14 heteroatoms. The third kappa shape index (κ3) is 8.68. The minimum atomic E-state index is -5.08. The number of nitriles is 1. The van der Waals surface area contributed by atoms with E-state index in [4.69, 9.17) is 4.74 Å². The van der Waals surface area contributed by atoms with Gasteiger partial charge in [0.25, 0.3) is 0 Å². The number of Topliss-reactive ketones (excluding diaryl/α,β-unsaturated/α-hetero) is 1. The minimum absolute atomic E-state index is 0.00654. The zero-order valence-electron chi connectivity index (χ0n) is 27.2. The number of aromatic nitrogens is 1. The lowest BCUT2D eigenvalue weighted by molar-refractivity contribution is -0.145. The van der Waals surface area contributed by atoms with E-state index in [-0.39, 0.29) is 36.7 Å². The molecule has 1 aromatic heterocycles. The van der Waals surface area contributed by atoms with Crippen LogP contribution in [0.4, 0.5) is 42.2 Å². The van der Waals surface area contributed by atoms with Crippen molar-refractivity contribution in [2.45, 2.75) is 70.8 Å². The number of esters is 1. The van der Waals surface area contributed by atoms with Crippen LogP contribution in [0.15, 0.2) is 48.7 Å². The number of piperidine rings is 1. The largest absolute Gasteiger partial charge is 0.466 e. The first-order valence-corrected chi connectivity index (χ1v) is 15.5. The van der Waals surface area contributed by atoms with Crippen molar-refractivity contribution in [3.8, 4) is 17.2 Å². The molecular weight excluding hydrogens is 657 g/mol. The number of pyridine rings is 1. The molecular formula is C35H35F7N4O3. The maximum absolute atomic E-state index is 14.1. The number of benzene rings is 2. The number of carbonyl (C=O) groups is 2. The number of nitrogens with zero attached hydrogens (tertiary/aromatic N) is 3. The molecule has 2 unspecified atom stereocenters. The zero-order chi connectivity index (χ0) is 36.3. The number of hydrogen-bond acceptors (Lipinski definition) is 7. The van der Waals surface area contributed by atoms with Gasteiger partial charge in [0, 0.05) is 18.5 Å². The Labute approximate surface area is 279 Å². The topological polar surface area (TPSA) is 95.3 Å². The first kappa shape index (κ1) is 37.2. The maximum atomic E-state index is 14.1. The van der Waals surface area contributed by atoms with Crippen LogP contribution in [-0.4, -0.2) is 42.5 Å². The maximum Gasteiger partial charge on any atom is 0.416 e. The Morgan fingerprint density at radius 1 is 1.00 bits per heavy atom. The molecule has 3 aromatic rings. The number of anilines is 2. The fraction of sp³-hybridized carbons (Fsp3) is 0.429. The van der Waals surface area contributed by atoms with E-state index in [9.17, 15) is 45.6 Å². The van der Waals surface area contributed by atoms with Crippen molar-refractivity contribution in [3.63, 3.8) is 0 Å². The van der Waals surface area contributed by atoms with Crippen LogP contribution in [-0.2, 0) is 32.1 Å². The summed E-state index contributed by atoms with van der Waals surface area (Å²) in [5, 5.41) is 12.9. The van der Waals surface area contributed by atoms with Gasteiger partial charge < -0.3 is 15.0 Å². The highest BCUT2D eigenvalue weighted by Crippen LogP contribution is 2.40. The van der Waals surface area contributed by atoms with E-state index in [0.29, 0.717) is 54.0 Å². The number of halogens is 7. The Morgan fingerprint density at radius 2 is 1.63 bits per heavy atom. The Morgan fingerprint density at radius 3 is 2.20 bits per heavy atom. The molecule has 49 heavy (non-hydrogen) atoms. The van der Waals surface area contributed by atoms with E-state index in [1.54, 1.807) is 24.8 Å². The first-order chi connectivity index (χ1) is 22.8. The monoisotopic (exact) mass is 692 g/mol. The van der Waals surface area contributed by atoms with E-state index >= 15 is 0 Å². The second kappa shape index (κ2) is 14.4. The van der Waals surface area contributed by atoms with E-state index in [1.165, 1.54) is 38.2 Å². The molecule has 1 aliphatic rings. The molecule has 2 heterocycles. The molecule has 0 bridgehead atoms. The van der Waals surface area contributed by atoms with Crippen LogP contribution in [0, 0.1) is 30.0 Å². The van der Waals surface area contributed by atoms with Gasteiger partial charge in [-0.2, -0.15) is 31.6 Å². The average molecular weight is 693 g/mol. The summed E-state index contributed by atoms with van der Waals surface area (Å²) in [5.41, 5.74) is -3.45. The lowest BCUT2D eigenvalue weighted by Crippen LogP contribution is -2.42. The number of ketones is 1. The van der Waals surface area contributed by atoms with Gasteiger partial charge in [0.1, 0.15) is 17.7 Å². The highest BCUT2D eigenvalue weighted by Gasteiger charge is 2.40. The Balaban J connectivity index is 1.65. The quantitative estimate of drug-likeness (QED) is 0.169. The van der Waals surface area contributed by atoms with Crippen molar-refractivity contribution in [1.29, 1.82) is 5.26 Å². The molecule has 0 radical (unpaired) electrons. The molecule has 2 aromatic carbocycles. The summed E-state index contributed by atoms with van der Waals surface area (Å²) in [6, 6.07) is 8.45. The standard InChI is InChI=1S/C35H35F7N4O3/c1-5-49-32(48)12-21-8-9-46(26(11-21)17-43)31-16-28(27-7-6-25(36)10-20(27)2)29(18-45-31)44-19-30(47)33(3,4)22-13-23(34(37,38)39)15-24(14-22)35(40,41)42/h6-7,10,13-16,18,21,26,44H,5,8-9,11-12,19H2,1-4H3. The number of carbonyl (C=O) groups excluding carboxylic acids is 2. The van der Waals surface area contributed by atoms with Crippen molar-refractivity contribution in [2.24, 2.45) is 5.92 Å². The van der Waals surface area contributed by atoms with Gasteiger partial charge in [-0.3, -0.25) is 9.59 Å². The molecule has 7 nitrogen and oxygen atoms in total. The summed E-state index contributed by atoms with van der Waals surface area (Å²) >= 11 is 0. The fourth-order valence-electron chi connectivity index (χ4n) is 5.84. The summed E-state index contributed by atoms with van der Waals surface area (Å²) < 4.78 is 100. The van der Waals surface area contributed by atoms with Crippen LogP contribution in [0.2, 0.25) is 0 Å². The minimum Gasteiger partial charge on any atom is -0.466 e. The number of hydrogen-bond donors (Lipinski definition) is 1. The first-order valence-electron chi connectivity index (χ1n) is 15.5. The highest BCUT2D eigenvalue weighted by atomic mass is 19.4. The summed E-state index contributed by atoms with van der Waals surface area (Å²) in [6.07, 6.45) is -7.61. The molecule has 0 amide bonds. The van der Waals surface area contributed by atoms with Gasteiger partial charge in [0.05, 0.1) is 47.6 Å². The second-order valence-corrected chi connectivity index (χ2v) is 12.5. The molecule has 0 aliphatic carbocycles. The molecule has 2 atom stereocenters. The normalized spacial score (nSPS) is 17.0. The van der Waals surface area contributed by atoms with Gasteiger partial charge >= 0.3 is 18.3 Å². The molecule has 0 spiro atoms. The van der Waals surface area contributed by atoms with Crippen molar-refractivity contribution in [1.82, 2.24) is 4.98 Å². The van der Waals surface area contributed by atoms with Crippen molar-refractivity contribution < 1.29 is 45.1 Å². The van der Waals surface area contributed by atoms with Crippen LogP contribution in [0.3, 0.4) is 0 Å². The van der Waals surface area contributed by atoms with Crippen LogP contribution in [0.1, 0.15) is 62.3 Å². The molecule has 1 aliphatic heterocycles. The fourth-order valence-corrected chi connectivity index (χ4v) is 5.84. The van der Waals surface area contributed by atoms with Gasteiger partial charge in [-0.1, -0.05) is 6.07 Å². The van der Waals surface area contributed by atoms with Crippen molar-refractivity contribution in [2.75, 3.05) is 29.9 Å². The second-order valence-electron chi connectivity index (χ2n) is 12.5. The van der Waals surface area contributed by atoms with Gasteiger partial charge in [-0.05, 0) is 99.5 Å². The lowest BCUT2D eigenvalue weighted by atomic mass is 9.79. The van der Waals surface area contributed by atoms with E-state index in [2.05, 4.69) is 16.4 Å². The summed E-state index contributed by atoms with van der Waals surface area (Å²) in [5.74, 6) is -1.21. The molecule has 262 valence electrons. The number of nitrogens with one attached hydrogen (secondary N) is 1. The molecule has 1 fully saturated rings. The van der Waals surface area contributed by atoms with Crippen LogP contribution in [0.5, 0.6) is 0 Å². The molecule has 1 N–H and O–H groups in total. The highest BCUT2D eigenvalue weighted by molar-refractivity contribution is 5.94. The molecule has 1 saturated heterocycles. The molecule has 4 rings (SSSR count). The van der Waals surface area contributed by atoms with Gasteiger partial charge in [-0.25, -0.2) is 9.37 Å². The SMILES string of the molecule is CCOC(=O)CC1CCN(c2cc(-c3ccc(F)cc3C)c(NCC(=O)C(C)(C)c3cc(C(F)(F)F)cc(C(F)(F)F)c3)cn2)C(C#N)C1.